The van der Waals surface area contributed by atoms with E-state index in [1.807, 2.05) is 30.2 Å². The second-order valence-electron chi connectivity index (χ2n) is 3.77. The molecule has 0 aliphatic heterocycles. The molecule has 0 N–H and O–H groups in total. The molecule has 0 aliphatic carbocycles. The molecule has 0 atom stereocenters. The quantitative estimate of drug-likeness (QED) is 0.715. The molecule has 1 aromatic heterocycles. The highest BCUT2D eigenvalue weighted by Gasteiger charge is 2.18. The van der Waals surface area contributed by atoms with Gasteiger partial charge in [0.2, 0.25) is 0 Å². The number of carbonyl (C=O) groups excluding carboxylic acids is 1. The van der Waals surface area contributed by atoms with Crippen LogP contribution in [-0.4, -0.2) is 28.7 Å². The van der Waals surface area contributed by atoms with Crippen molar-refractivity contribution in [1.29, 1.82) is 0 Å². The fourth-order valence-electron chi connectivity index (χ4n) is 1.41. The molecule has 1 amide bonds. The number of hydrogen-bond donors (Lipinski definition) is 0. The van der Waals surface area contributed by atoms with Crippen LogP contribution in [0.3, 0.4) is 0 Å². The van der Waals surface area contributed by atoms with Gasteiger partial charge in [-0.3, -0.25) is 4.79 Å². The predicted molar refractivity (Wildman–Crippen MR) is 76.6 cm³/mol. The van der Waals surface area contributed by atoms with Crippen LogP contribution in [0.25, 0.3) is 0 Å². The molecule has 0 saturated heterocycles. The van der Waals surface area contributed by atoms with Gasteiger partial charge in [-0.05, 0) is 42.3 Å². The average molecular weight is 369 g/mol. The number of hydrogen-bond acceptors (Lipinski definition) is 2. The lowest BCUT2D eigenvalue weighted by Gasteiger charge is -2.26. The Morgan fingerprint density at radius 3 is 2.69 bits per heavy atom. The van der Waals surface area contributed by atoms with E-state index < -0.39 is 0 Å². The molecule has 0 radical (unpaired) electrons. The minimum Gasteiger partial charge on any atom is -0.336 e. The number of halogens is 2. The van der Waals surface area contributed by atoms with Crippen LogP contribution in [0, 0.1) is 0 Å². The number of rotatable bonds is 5. The lowest BCUT2D eigenvalue weighted by atomic mass is 10.2. The SMILES string of the molecule is CC(C)N(CCCBr)C(=O)c1csc(Br)c1. The molecule has 1 rings (SSSR count). The maximum atomic E-state index is 12.2. The van der Waals surface area contributed by atoms with Crippen LogP contribution in [0.2, 0.25) is 0 Å². The second kappa shape index (κ2) is 6.77. The molecule has 0 saturated carbocycles. The molecule has 0 spiro atoms. The number of amides is 1. The maximum Gasteiger partial charge on any atom is 0.254 e. The van der Waals surface area contributed by atoms with Gasteiger partial charge in [0.1, 0.15) is 0 Å². The summed E-state index contributed by atoms with van der Waals surface area (Å²) in [5.74, 6) is 0.123. The molecular formula is C11H15Br2NOS. The van der Waals surface area contributed by atoms with Crippen LogP contribution < -0.4 is 0 Å². The molecule has 2 nitrogen and oxygen atoms in total. The van der Waals surface area contributed by atoms with E-state index >= 15 is 0 Å². The Bertz CT molecular complexity index is 352. The minimum absolute atomic E-state index is 0.123. The van der Waals surface area contributed by atoms with Gasteiger partial charge in [-0.15, -0.1) is 11.3 Å². The highest BCUT2D eigenvalue weighted by atomic mass is 79.9. The molecule has 1 heterocycles. The molecule has 5 heteroatoms. The molecule has 0 unspecified atom stereocenters. The van der Waals surface area contributed by atoms with Crippen molar-refractivity contribution in [3.05, 3.63) is 20.8 Å². The van der Waals surface area contributed by atoms with Crippen molar-refractivity contribution in [3.8, 4) is 0 Å². The number of carbonyl (C=O) groups is 1. The molecule has 90 valence electrons. The van der Waals surface area contributed by atoms with Crippen molar-refractivity contribution in [2.45, 2.75) is 26.3 Å². The first kappa shape index (κ1) is 14.2. The lowest BCUT2D eigenvalue weighted by molar-refractivity contribution is 0.0707. The summed E-state index contributed by atoms with van der Waals surface area (Å²) in [7, 11) is 0. The van der Waals surface area contributed by atoms with E-state index in [9.17, 15) is 4.79 Å². The number of nitrogens with zero attached hydrogens (tertiary/aromatic N) is 1. The van der Waals surface area contributed by atoms with Gasteiger partial charge in [-0.1, -0.05) is 15.9 Å². The van der Waals surface area contributed by atoms with Crippen molar-refractivity contribution < 1.29 is 4.79 Å². The molecule has 0 aromatic carbocycles. The van der Waals surface area contributed by atoms with Crippen molar-refractivity contribution in [2.75, 3.05) is 11.9 Å². The third-order valence-corrected chi connectivity index (χ3v) is 4.30. The van der Waals surface area contributed by atoms with Crippen LogP contribution in [0.5, 0.6) is 0 Å². The maximum absolute atomic E-state index is 12.2. The second-order valence-corrected chi connectivity index (χ2v) is 6.86. The minimum atomic E-state index is 0.123. The first-order valence-electron chi connectivity index (χ1n) is 5.17. The van der Waals surface area contributed by atoms with Gasteiger partial charge in [0.05, 0.1) is 9.35 Å². The molecule has 0 fully saturated rings. The van der Waals surface area contributed by atoms with Crippen molar-refractivity contribution in [1.82, 2.24) is 4.90 Å². The average Bonchev–Trinajstić information content (AvgIpc) is 2.64. The van der Waals surface area contributed by atoms with E-state index in [1.165, 1.54) is 0 Å². The first-order chi connectivity index (χ1) is 7.56. The Morgan fingerprint density at radius 2 is 2.25 bits per heavy atom. The molecular weight excluding hydrogens is 354 g/mol. The fraction of sp³-hybridized carbons (Fsp3) is 0.545. The van der Waals surface area contributed by atoms with Gasteiger partial charge in [0.25, 0.3) is 5.91 Å². The summed E-state index contributed by atoms with van der Waals surface area (Å²) in [5.41, 5.74) is 0.778. The molecule has 1 aromatic rings. The predicted octanol–water partition coefficient (Wildman–Crippen LogP) is 4.15. The summed E-state index contributed by atoms with van der Waals surface area (Å²) in [4.78, 5) is 14.1. The Balaban J connectivity index is 2.74. The Labute approximate surface area is 117 Å². The van der Waals surface area contributed by atoms with E-state index in [2.05, 4.69) is 31.9 Å². The van der Waals surface area contributed by atoms with Crippen LogP contribution in [0.15, 0.2) is 15.2 Å². The number of alkyl halides is 1. The van der Waals surface area contributed by atoms with Gasteiger partial charge in [0.15, 0.2) is 0 Å². The van der Waals surface area contributed by atoms with Crippen molar-refractivity contribution in [3.63, 3.8) is 0 Å². The van der Waals surface area contributed by atoms with Crippen LogP contribution >= 0.6 is 43.2 Å². The Kier molecular flexibility index (Phi) is 6.00. The monoisotopic (exact) mass is 367 g/mol. The van der Waals surface area contributed by atoms with Crippen molar-refractivity contribution in [2.24, 2.45) is 0 Å². The summed E-state index contributed by atoms with van der Waals surface area (Å²) in [6, 6.07) is 2.13. The third-order valence-electron chi connectivity index (χ3n) is 2.23. The van der Waals surface area contributed by atoms with E-state index in [-0.39, 0.29) is 11.9 Å². The first-order valence-corrected chi connectivity index (χ1v) is 7.96. The van der Waals surface area contributed by atoms with Crippen LogP contribution in [0.1, 0.15) is 30.6 Å². The van der Waals surface area contributed by atoms with Gasteiger partial charge in [0, 0.05) is 23.3 Å². The summed E-state index contributed by atoms with van der Waals surface area (Å²) in [6.45, 7) is 4.90. The molecule has 0 aliphatic rings. The summed E-state index contributed by atoms with van der Waals surface area (Å²) < 4.78 is 1.00. The Hall–Kier alpha value is 0.130. The largest absolute Gasteiger partial charge is 0.336 e. The fourth-order valence-corrected chi connectivity index (χ4v) is 2.79. The smallest absolute Gasteiger partial charge is 0.254 e. The highest BCUT2D eigenvalue weighted by molar-refractivity contribution is 9.11. The summed E-state index contributed by atoms with van der Waals surface area (Å²) >= 11 is 8.32. The van der Waals surface area contributed by atoms with Crippen LogP contribution in [0.4, 0.5) is 0 Å². The van der Waals surface area contributed by atoms with Crippen molar-refractivity contribution >= 4 is 49.1 Å². The zero-order valence-corrected chi connectivity index (χ0v) is 13.4. The highest BCUT2D eigenvalue weighted by Crippen LogP contribution is 2.22. The molecule has 16 heavy (non-hydrogen) atoms. The van der Waals surface area contributed by atoms with E-state index in [1.54, 1.807) is 11.3 Å². The zero-order valence-electron chi connectivity index (χ0n) is 9.37. The standard InChI is InChI=1S/C11H15Br2NOS/c1-8(2)14(5-3-4-12)11(15)9-6-10(13)16-7-9/h6-8H,3-5H2,1-2H3. The Morgan fingerprint density at radius 1 is 1.56 bits per heavy atom. The topological polar surface area (TPSA) is 20.3 Å². The van der Waals surface area contributed by atoms with Gasteiger partial charge in [-0.25, -0.2) is 0 Å². The van der Waals surface area contributed by atoms with Gasteiger partial charge in [-0.2, -0.15) is 0 Å². The lowest BCUT2D eigenvalue weighted by Crippen LogP contribution is -2.37. The summed E-state index contributed by atoms with van der Waals surface area (Å²) in [6.07, 6.45) is 0.981. The van der Waals surface area contributed by atoms with Gasteiger partial charge >= 0.3 is 0 Å². The van der Waals surface area contributed by atoms with E-state index in [4.69, 9.17) is 0 Å². The third kappa shape index (κ3) is 3.86. The number of thiophene rings is 1. The zero-order chi connectivity index (χ0) is 12.1. The van der Waals surface area contributed by atoms with Crippen LogP contribution in [-0.2, 0) is 0 Å². The molecule has 0 bridgehead atoms. The van der Waals surface area contributed by atoms with E-state index in [0.29, 0.717) is 0 Å². The summed E-state index contributed by atoms with van der Waals surface area (Å²) in [5, 5.41) is 2.83. The normalized spacial score (nSPS) is 10.8. The van der Waals surface area contributed by atoms with E-state index in [0.717, 1.165) is 27.6 Å². The van der Waals surface area contributed by atoms with Gasteiger partial charge < -0.3 is 4.90 Å².